The van der Waals surface area contributed by atoms with Gasteiger partial charge < -0.3 is 18.9 Å². The van der Waals surface area contributed by atoms with E-state index >= 15 is 0 Å². The van der Waals surface area contributed by atoms with Crippen molar-refractivity contribution in [3.05, 3.63) is 39.5 Å². The van der Waals surface area contributed by atoms with Crippen molar-refractivity contribution in [2.24, 2.45) is 5.92 Å². The average Bonchev–Trinajstić information content (AvgIpc) is 2.98. The van der Waals surface area contributed by atoms with Crippen LogP contribution in [-0.4, -0.2) is 32.2 Å². The molecule has 2 atom stereocenters. The Morgan fingerprint density at radius 2 is 1.92 bits per heavy atom. The van der Waals surface area contributed by atoms with Crippen molar-refractivity contribution < 1.29 is 18.9 Å². The second-order valence-corrected chi connectivity index (χ2v) is 8.05. The Bertz CT molecular complexity index is 531. The Hall–Kier alpha value is -0.630. The summed E-state index contributed by atoms with van der Waals surface area (Å²) in [5.74, 6) is 0.587. The van der Waals surface area contributed by atoms with Crippen molar-refractivity contribution in [3.63, 3.8) is 0 Å². The van der Waals surface area contributed by atoms with Crippen LogP contribution < -0.4 is 4.74 Å². The predicted molar refractivity (Wildman–Crippen MR) is 103 cm³/mol. The molecule has 2 rings (SSSR count). The molecule has 1 aliphatic heterocycles. The summed E-state index contributed by atoms with van der Waals surface area (Å²) in [5, 5.41) is 0. The number of allylic oxidation sites excluding steroid dienone is 1. The molecule has 4 nitrogen and oxygen atoms in total. The molecular weight excluding hydrogens is 419 g/mol. The van der Waals surface area contributed by atoms with Gasteiger partial charge >= 0.3 is 0 Å². The van der Waals surface area contributed by atoms with Gasteiger partial charge in [-0.3, -0.25) is 0 Å². The highest BCUT2D eigenvalue weighted by atomic mass is 127. The minimum absolute atomic E-state index is 0.0277. The molecule has 1 fully saturated rings. The summed E-state index contributed by atoms with van der Waals surface area (Å²) >= 11 is 2.34. The maximum atomic E-state index is 6.24. The maximum absolute atomic E-state index is 6.24. The van der Waals surface area contributed by atoms with E-state index in [1.54, 1.807) is 7.11 Å². The topological polar surface area (TPSA) is 36.9 Å². The third-order valence-corrected chi connectivity index (χ3v) is 4.53. The molecule has 0 bridgehead atoms. The molecule has 0 amide bonds. The van der Waals surface area contributed by atoms with Gasteiger partial charge in [0.05, 0.1) is 33.0 Å². The fourth-order valence-electron chi connectivity index (χ4n) is 2.83. The lowest BCUT2D eigenvalue weighted by atomic mass is 9.97. The molecule has 5 heteroatoms. The zero-order chi connectivity index (χ0) is 17.6. The van der Waals surface area contributed by atoms with Gasteiger partial charge in [-0.05, 0) is 57.7 Å². The summed E-state index contributed by atoms with van der Waals surface area (Å²) in [6, 6.07) is 7.97. The minimum atomic E-state index is -0.550. The number of ether oxygens (including phenoxy) is 4. The van der Waals surface area contributed by atoms with Crippen molar-refractivity contribution in [2.45, 2.75) is 45.7 Å². The van der Waals surface area contributed by atoms with E-state index in [2.05, 4.69) is 42.5 Å². The summed E-state index contributed by atoms with van der Waals surface area (Å²) in [6.07, 6.45) is 2.97. The highest BCUT2D eigenvalue weighted by Crippen LogP contribution is 2.30. The molecule has 24 heavy (non-hydrogen) atoms. The molecule has 0 aromatic heterocycles. The van der Waals surface area contributed by atoms with E-state index in [4.69, 9.17) is 18.9 Å². The molecular formula is C19H27IO4. The van der Waals surface area contributed by atoms with Crippen LogP contribution in [0.1, 0.15) is 32.8 Å². The molecule has 0 aliphatic carbocycles. The van der Waals surface area contributed by atoms with Crippen LogP contribution in [-0.2, 0) is 20.8 Å². The normalized spacial score (nSPS) is 20.0. The summed E-state index contributed by atoms with van der Waals surface area (Å²) in [5.41, 5.74) is 1.13. The lowest BCUT2D eigenvalue weighted by Crippen LogP contribution is -2.35. The Morgan fingerprint density at radius 1 is 1.29 bits per heavy atom. The summed E-state index contributed by atoms with van der Waals surface area (Å²) in [7, 11) is 1.67. The van der Waals surface area contributed by atoms with Crippen LogP contribution in [0.4, 0.5) is 0 Å². The Balaban J connectivity index is 2.02. The standard InChI is InChI=1S/C19H27IO4/c1-14(11-15(2)20)18(12-19(3)23-9-10-24-19)22-13-16-5-7-17(21-4)8-6-16/h5-8,11,14,18H,9-10,12-13H2,1-4H3/b15-11+/t14-,18+/m1/s1. The third-order valence-electron chi connectivity index (χ3n) is 4.17. The first-order chi connectivity index (χ1) is 11.4. The third kappa shape index (κ3) is 6.02. The van der Waals surface area contributed by atoms with E-state index in [0.29, 0.717) is 26.2 Å². The Kier molecular flexibility index (Phi) is 7.53. The van der Waals surface area contributed by atoms with Crippen LogP contribution in [0.25, 0.3) is 0 Å². The van der Waals surface area contributed by atoms with E-state index in [1.165, 1.54) is 3.58 Å². The van der Waals surface area contributed by atoms with E-state index < -0.39 is 5.79 Å². The number of halogens is 1. The van der Waals surface area contributed by atoms with Gasteiger partial charge in [0.1, 0.15) is 5.75 Å². The van der Waals surface area contributed by atoms with Crippen molar-refractivity contribution in [2.75, 3.05) is 20.3 Å². The first-order valence-electron chi connectivity index (χ1n) is 8.28. The second-order valence-electron chi connectivity index (χ2n) is 6.34. The summed E-state index contributed by atoms with van der Waals surface area (Å²) in [4.78, 5) is 0. The first kappa shape index (κ1) is 19.7. The van der Waals surface area contributed by atoms with Gasteiger partial charge in [0.25, 0.3) is 0 Å². The van der Waals surface area contributed by atoms with E-state index in [9.17, 15) is 0 Å². The smallest absolute Gasteiger partial charge is 0.168 e. The number of methoxy groups -OCH3 is 1. The highest BCUT2D eigenvalue weighted by Gasteiger charge is 2.35. The van der Waals surface area contributed by atoms with Crippen LogP contribution in [0, 0.1) is 5.92 Å². The lowest BCUT2D eigenvalue weighted by Gasteiger charge is -2.30. The van der Waals surface area contributed by atoms with Gasteiger partial charge in [-0.15, -0.1) is 0 Å². The SMILES string of the molecule is COc1ccc(CO[C@@H](CC2(C)OCCO2)[C@H](C)/C=C(\C)I)cc1. The molecule has 0 unspecified atom stereocenters. The van der Waals surface area contributed by atoms with E-state index in [-0.39, 0.29) is 12.0 Å². The van der Waals surface area contributed by atoms with Gasteiger partial charge in [0.2, 0.25) is 0 Å². The molecule has 1 aliphatic rings. The Labute approximate surface area is 158 Å². The molecule has 1 saturated heterocycles. The van der Waals surface area contributed by atoms with E-state index in [0.717, 1.165) is 11.3 Å². The minimum Gasteiger partial charge on any atom is -0.497 e. The average molecular weight is 446 g/mol. The lowest BCUT2D eigenvalue weighted by molar-refractivity contribution is -0.173. The fourth-order valence-corrected chi connectivity index (χ4v) is 3.40. The molecule has 0 radical (unpaired) electrons. The second kappa shape index (κ2) is 9.17. The van der Waals surface area contributed by atoms with Crippen LogP contribution in [0.3, 0.4) is 0 Å². The van der Waals surface area contributed by atoms with Crippen molar-refractivity contribution in [1.82, 2.24) is 0 Å². The quantitative estimate of drug-likeness (QED) is 0.543. The largest absolute Gasteiger partial charge is 0.497 e. The number of hydrogen-bond donors (Lipinski definition) is 0. The van der Waals surface area contributed by atoms with Gasteiger partial charge in [0.15, 0.2) is 5.79 Å². The molecule has 0 N–H and O–H groups in total. The number of hydrogen-bond acceptors (Lipinski definition) is 4. The monoisotopic (exact) mass is 446 g/mol. The predicted octanol–water partition coefficient (Wildman–Crippen LogP) is 4.71. The van der Waals surface area contributed by atoms with Gasteiger partial charge in [-0.1, -0.05) is 25.1 Å². The molecule has 1 aromatic carbocycles. The van der Waals surface area contributed by atoms with E-state index in [1.807, 2.05) is 31.2 Å². The van der Waals surface area contributed by atoms with Crippen LogP contribution in [0.5, 0.6) is 5.75 Å². The molecule has 1 aromatic rings. The Morgan fingerprint density at radius 3 is 2.46 bits per heavy atom. The zero-order valence-corrected chi connectivity index (χ0v) is 17.0. The van der Waals surface area contributed by atoms with Crippen molar-refractivity contribution in [1.29, 1.82) is 0 Å². The molecule has 1 heterocycles. The summed E-state index contributed by atoms with van der Waals surface area (Å²) < 4.78 is 24.2. The van der Waals surface area contributed by atoms with Gasteiger partial charge in [0, 0.05) is 12.3 Å². The van der Waals surface area contributed by atoms with Crippen LogP contribution in [0.15, 0.2) is 33.9 Å². The first-order valence-corrected chi connectivity index (χ1v) is 9.36. The highest BCUT2D eigenvalue weighted by molar-refractivity contribution is 14.1. The van der Waals surface area contributed by atoms with Gasteiger partial charge in [-0.2, -0.15) is 0 Å². The van der Waals surface area contributed by atoms with Crippen LogP contribution >= 0.6 is 22.6 Å². The molecule has 134 valence electrons. The molecule has 0 spiro atoms. The number of benzene rings is 1. The molecule has 0 saturated carbocycles. The van der Waals surface area contributed by atoms with Crippen molar-refractivity contribution >= 4 is 22.6 Å². The van der Waals surface area contributed by atoms with Crippen LogP contribution in [0.2, 0.25) is 0 Å². The fraction of sp³-hybridized carbons (Fsp3) is 0.579. The zero-order valence-electron chi connectivity index (χ0n) is 14.9. The summed E-state index contributed by atoms with van der Waals surface area (Å²) in [6.45, 7) is 8.13. The van der Waals surface area contributed by atoms with Gasteiger partial charge in [-0.25, -0.2) is 0 Å². The van der Waals surface area contributed by atoms with Crippen molar-refractivity contribution in [3.8, 4) is 5.75 Å². The maximum Gasteiger partial charge on any atom is 0.168 e. The number of rotatable bonds is 8.